The predicted molar refractivity (Wildman–Crippen MR) is 34.2 cm³/mol. The van der Waals surface area contributed by atoms with Gasteiger partial charge in [0.25, 0.3) is 0 Å². The molecule has 0 aliphatic rings. The van der Waals surface area contributed by atoms with Gasteiger partial charge in [0, 0.05) is 0 Å². The standard InChI is InChI=1S/C7H13O/c1-3-4-5-6-7(2)8/h4-5,7H,3,6H2,1-2H3. The van der Waals surface area contributed by atoms with Crippen molar-refractivity contribution in [2.24, 2.45) is 0 Å². The second-order valence-electron chi connectivity index (χ2n) is 1.93. The van der Waals surface area contributed by atoms with E-state index in [4.69, 9.17) is 0 Å². The van der Waals surface area contributed by atoms with Crippen LogP contribution >= 0.6 is 0 Å². The lowest BCUT2D eigenvalue weighted by atomic mass is 10.2. The fourth-order valence-electron chi connectivity index (χ4n) is 0.455. The van der Waals surface area contributed by atoms with E-state index < -0.39 is 6.10 Å². The summed E-state index contributed by atoms with van der Waals surface area (Å²) in [6.07, 6.45) is 5.24. The van der Waals surface area contributed by atoms with Gasteiger partial charge < -0.3 is 0 Å². The molecule has 0 fully saturated rings. The minimum Gasteiger partial charge on any atom is -0.233 e. The minimum atomic E-state index is -0.433. The van der Waals surface area contributed by atoms with Crippen molar-refractivity contribution < 1.29 is 5.11 Å². The van der Waals surface area contributed by atoms with Crippen LogP contribution in [0.4, 0.5) is 0 Å². The highest BCUT2D eigenvalue weighted by Gasteiger charge is 1.89. The Balaban J connectivity index is 3.03. The number of hydrogen-bond donors (Lipinski definition) is 0. The maximum Gasteiger partial charge on any atom is 0.0936 e. The summed E-state index contributed by atoms with van der Waals surface area (Å²) in [5.74, 6) is 0. The number of hydrogen-bond acceptors (Lipinski definition) is 0. The summed E-state index contributed by atoms with van der Waals surface area (Å²) in [4.78, 5) is 0. The van der Waals surface area contributed by atoms with Crippen LogP contribution in [0.1, 0.15) is 26.7 Å². The van der Waals surface area contributed by atoms with Crippen LogP contribution in [0.3, 0.4) is 0 Å². The van der Waals surface area contributed by atoms with E-state index in [1.165, 1.54) is 0 Å². The van der Waals surface area contributed by atoms with Gasteiger partial charge in [0.05, 0.1) is 6.10 Å². The van der Waals surface area contributed by atoms with Gasteiger partial charge in [-0.15, -0.1) is 0 Å². The Morgan fingerprint density at radius 3 is 2.50 bits per heavy atom. The van der Waals surface area contributed by atoms with Gasteiger partial charge >= 0.3 is 0 Å². The zero-order valence-corrected chi connectivity index (χ0v) is 5.55. The van der Waals surface area contributed by atoms with E-state index in [-0.39, 0.29) is 0 Å². The Bertz CT molecular complexity index is 64.8. The van der Waals surface area contributed by atoms with Crippen LogP contribution in [0.2, 0.25) is 0 Å². The van der Waals surface area contributed by atoms with E-state index in [0.29, 0.717) is 6.42 Å². The normalized spacial score (nSPS) is 14.9. The quantitative estimate of drug-likeness (QED) is 0.500. The zero-order valence-electron chi connectivity index (χ0n) is 5.55. The molecule has 0 saturated carbocycles. The van der Waals surface area contributed by atoms with Gasteiger partial charge in [-0.1, -0.05) is 19.1 Å². The van der Waals surface area contributed by atoms with Gasteiger partial charge in [-0.25, -0.2) is 5.11 Å². The van der Waals surface area contributed by atoms with Crippen LogP contribution in [0.15, 0.2) is 12.2 Å². The highest BCUT2D eigenvalue weighted by Crippen LogP contribution is 1.92. The number of allylic oxidation sites excluding steroid dienone is 1. The van der Waals surface area contributed by atoms with Crippen molar-refractivity contribution in [1.29, 1.82) is 0 Å². The molecule has 1 unspecified atom stereocenters. The highest BCUT2D eigenvalue weighted by molar-refractivity contribution is 4.81. The van der Waals surface area contributed by atoms with Crippen LogP contribution in [0, 0.1) is 0 Å². The summed E-state index contributed by atoms with van der Waals surface area (Å²) in [7, 11) is 0. The van der Waals surface area contributed by atoms with E-state index in [0.717, 1.165) is 6.42 Å². The van der Waals surface area contributed by atoms with E-state index in [9.17, 15) is 5.11 Å². The lowest BCUT2D eigenvalue weighted by Gasteiger charge is -1.90. The van der Waals surface area contributed by atoms with Gasteiger partial charge in [0.15, 0.2) is 0 Å². The molecule has 0 aliphatic heterocycles. The van der Waals surface area contributed by atoms with Crippen LogP contribution in [-0.2, 0) is 5.11 Å². The Hall–Kier alpha value is -0.300. The SMILES string of the molecule is CCC=CCC(C)[O]. The van der Waals surface area contributed by atoms with Crippen LogP contribution in [-0.4, -0.2) is 6.10 Å². The highest BCUT2D eigenvalue weighted by atomic mass is 16.3. The third kappa shape index (κ3) is 5.70. The Morgan fingerprint density at radius 1 is 1.50 bits per heavy atom. The summed E-state index contributed by atoms with van der Waals surface area (Å²) in [5.41, 5.74) is 0. The van der Waals surface area contributed by atoms with Crippen LogP contribution < -0.4 is 0 Å². The van der Waals surface area contributed by atoms with Gasteiger partial charge in [0.2, 0.25) is 0 Å². The van der Waals surface area contributed by atoms with Crippen molar-refractivity contribution in [3.8, 4) is 0 Å². The van der Waals surface area contributed by atoms with Gasteiger partial charge in [-0.3, -0.25) is 0 Å². The first-order valence-electron chi connectivity index (χ1n) is 3.08. The van der Waals surface area contributed by atoms with E-state index in [2.05, 4.69) is 6.92 Å². The first-order chi connectivity index (χ1) is 3.77. The molecule has 0 aromatic rings. The van der Waals surface area contributed by atoms with Crippen molar-refractivity contribution in [3.63, 3.8) is 0 Å². The smallest absolute Gasteiger partial charge is 0.0936 e. The van der Waals surface area contributed by atoms with Crippen LogP contribution in [0.5, 0.6) is 0 Å². The Morgan fingerprint density at radius 2 is 2.12 bits per heavy atom. The Kier molecular flexibility index (Phi) is 4.67. The molecular formula is C7H13O. The summed E-state index contributed by atoms with van der Waals surface area (Å²) >= 11 is 0. The number of rotatable bonds is 3. The van der Waals surface area contributed by atoms with Crippen molar-refractivity contribution in [3.05, 3.63) is 12.2 Å². The van der Waals surface area contributed by atoms with Gasteiger partial charge in [0.1, 0.15) is 0 Å². The average Bonchev–Trinajstić information content (AvgIpc) is 1.66. The third-order valence-corrected chi connectivity index (χ3v) is 0.870. The largest absolute Gasteiger partial charge is 0.233 e. The third-order valence-electron chi connectivity index (χ3n) is 0.870. The van der Waals surface area contributed by atoms with Gasteiger partial charge in [-0.05, 0) is 19.8 Å². The molecule has 0 spiro atoms. The summed E-state index contributed by atoms with van der Waals surface area (Å²) in [6, 6.07) is 0. The predicted octanol–water partition coefficient (Wildman–Crippen LogP) is 2.16. The molecule has 1 atom stereocenters. The van der Waals surface area contributed by atoms with Crippen LogP contribution in [0.25, 0.3) is 0 Å². The first-order valence-corrected chi connectivity index (χ1v) is 3.08. The lowest BCUT2D eigenvalue weighted by Crippen LogP contribution is -1.92. The molecule has 1 nitrogen and oxygen atoms in total. The van der Waals surface area contributed by atoms with Crippen molar-refractivity contribution in [2.75, 3.05) is 0 Å². The van der Waals surface area contributed by atoms with Crippen molar-refractivity contribution in [2.45, 2.75) is 32.8 Å². The zero-order chi connectivity index (χ0) is 6.41. The molecule has 47 valence electrons. The molecule has 0 amide bonds. The monoisotopic (exact) mass is 113 g/mol. The molecule has 1 heteroatoms. The van der Waals surface area contributed by atoms with Crippen molar-refractivity contribution >= 4 is 0 Å². The fraction of sp³-hybridized carbons (Fsp3) is 0.714. The topological polar surface area (TPSA) is 19.9 Å². The second-order valence-corrected chi connectivity index (χ2v) is 1.93. The molecule has 1 radical (unpaired) electrons. The lowest BCUT2D eigenvalue weighted by molar-refractivity contribution is 0.108. The van der Waals surface area contributed by atoms with Crippen molar-refractivity contribution in [1.82, 2.24) is 0 Å². The van der Waals surface area contributed by atoms with Gasteiger partial charge in [-0.2, -0.15) is 0 Å². The molecular weight excluding hydrogens is 100 g/mol. The Labute approximate surface area is 51.0 Å². The molecule has 0 heterocycles. The fourth-order valence-corrected chi connectivity index (χ4v) is 0.455. The second kappa shape index (κ2) is 4.85. The molecule has 0 aliphatic carbocycles. The molecule has 0 aromatic heterocycles. The maximum atomic E-state index is 10.4. The summed E-state index contributed by atoms with van der Waals surface area (Å²) < 4.78 is 0. The molecule has 8 heavy (non-hydrogen) atoms. The molecule has 0 N–H and O–H groups in total. The minimum absolute atomic E-state index is 0.433. The van der Waals surface area contributed by atoms with E-state index in [1.54, 1.807) is 6.92 Å². The molecule has 0 aromatic carbocycles. The van der Waals surface area contributed by atoms with E-state index >= 15 is 0 Å². The molecule has 0 bridgehead atoms. The summed E-state index contributed by atoms with van der Waals surface area (Å²) in [5, 5.41) is 10.4. The molecule has 0 saturated heterocycles. The average molecular weight is 113 g/mol. The summed E-state index contributed by atoms with van der Waals surface area (Å²) in [6.45, 7) is 3.74. The maximum absolute atomic E-state index is 10.4. The van der Waals surface area contributed by atoms with E-state index in [1.807, 2.05) is 12.2 Å². The molecule has 0 rings (SSSR count). The first kappa shape index (κ1) is 7.70.